The van der Waals surface area contributed by atoms with Crippen molar-refractivity contribution < 1.29 is 9.53 Å². The summed E-state index contributed by atoms with van der Waals surface area (Å²) in [5, 5.41) is 2.92. The lowest BCUT2D eigenvalue weighted by Gasteiger charge is -2.24. The predicted octanol–water partition coefficient (Wildman–Crippen LogP) is 2.15. The Hall–Kier alpha value is -0.320. The molecule has 2 rings (SSSR count). The van der Waals surface area contributed by atoms with E-state index in [4.69, 9.17) is 10.5 Å². The van der Waals surface area contributed by atoms with Gasteiger partial charge in [-0.25, -0.2) is 0 Å². The van der Waals surface area contributed by atoms with Crippen molar-refractivity contribution in [3.63, 3.8) is 0 Å². The Balaban J connectivity index is 0.00000180. The lowest BCUT2D eigenvalue weighted by molar-refractivity contribution is -0.126. The summed E-state index contributed by atoms with van der Waals surface area (Å²) in [5.41, 5.74) is 5.47. The van der Waals surface area contributed by atoms with Gasteiger partial charge in [-0.15, -0.1) is 12.4 Å². The van der Waals surface area contributed by atoms with E-state index < -0.39 is 5.54 Å². The highest BCUT2D eigenvalue weighted by molar-refractivity contribution is 5.86. The minimum atomic E-state index is -0.606. The monoisotopic (exact) mass is 290 g/mol. The van der Waals surface area contributed by atoms with Gasteiger partial charge in [-0.05, 0) is 25.7 Å². The maximum absolute atomic E-state index is 11.9. The first-order valence-electron chi connectivity index (χ1n) is 7.39. The molecule has 19 heavy (non-hydrogen) atoms. The highest BCUT2D eigenvalue weighted by Gasteiger charge is 2.36. The molecule has 0 spiro atoms. The molecule has 2 saturated carbocycles. The van der Waals surface area contributed by atoms with Gasteiger partial charge in [0.05, 0.1) is 18.2 Å². The Morgan fingerprint density at radius 1 is 1.16 bits per heavy atom. The van der Waals surface area contributed by atoms with Crippen molar-refractivity contribution in [3.05, 3.63) is 0 Å². The molecule has 2 aliphatic rings. The third-order valence-electron chi connectivity index (χ3n) is 4.24. The molecule has 112 valence electrons. The van der Waals surface area contributed by atoms with Crippen LogP contribution >= 0.6 is 12.4 Å². The lowest BCUT2D eigenvalue weighted by Crippen LogP contribution is -2.52. The molecule has 0 unspecified atom stereocenters. The third-order valence-corrected chi connectivity index (χ3v) is 4.24. The number of ether oxygens (including phenoxy) is 1. The maximum atomic E-state index is 11.9. The summed E-state index contributed by atoms with van der Waals surface area (Å²) < 4.78 is 5.77. The second-order valence-corrected chi connectivity index (χ2v) is 5.75. The number of rotatable bonds is 5. The van der Waals surface area contributed by atoms with Crippen LogP contribution in [0, 0.1) is 0 Å². The van der Waals surface area contributed by atoms with E-state index in [-0.39, 0.29) is 18.3 Å². The number of nitrogens with two attached hydrogens (primary N) is 1. The van der Waals surface area contributed by atoms with Gasteiger partial charge in [0.1, 0.15) is 0 Å². The molecule has 0 radical (unpaired) electrons. The minimum Gasteiger partial charge on any atom is -0.376 e. The first-order chi connectivity index (χ1) is 8.71. The number of hydrogen-bond acceptors (Lipinski definition) is 3. The topological polar surface area (TPSA) is 64.4 Å². The molecule has 0 aromatic carbocycles. The molecule has 0 saturated heterocycles. The summed E-state index contributed by atoms with van der Waals surface area (Å²) >= 11 is 0. The molecule has 2 fully saturated rings. The van der Waals surface area contributed by atoms with E-state index in [0.29, 0.717) is 19.3 Å². The van der Waals surface area contributed by atoms with Crippen molar-refractivity contribution in [1.82, 2.24) is 5.32 Å². The Kier molecular flexibility index (Phi) is 7.11. The molecule has 0 aromatic rings. The van der Waals surface area contributed by atoms with Crippen molar-refractivity contribution in [2.24, 2.45) is 5.73 Å². The van der Waals surface area contributed by atoms with Crippen molar-refractivity contribution in [1.29, 1.82) is 0 Å². The molecular weight excluding hydrogens is 264 g/mol. The van der Waals surface area contributed by atoms with E-state index in [2.05, 4.69) is 5.32 Å². The standard InChI is InChI=1S/C14H26N2O2.ClH/c15-14(8-4-5-9-14)13(17)16-10-11-18-12-6-2-1-3-7-12;/h12H,1-11,15H2,(H,16,17);1H. The Bertz CT molecular complexity index is 275. The van der Waals surface area contributed by atoms with Crippen LogP contribution in [0.1, 0.15) is 57.8 Å². The predicted molar refractivity (Wildman–Crippen MR) is 78.5 cm³/mol. The molecule has 5 heteroatoms. The second kappa shape index (κ2) is 8.08. The highest BCUT2D eigenvalue weighted by Crippen LogP contribution is 2.27. The number of hydrogen-bond donors (Lipinski definition) is 2. The van der Waals surface area contributed by atoms with Crippen LogP contribution in [0.5, 0.6) is 0 Å². The van der Waals surface area contributed by atoms with Gasteiger partial charge in [-0.3, -0.25) is 4.79 Å². The molecule has 2 aliphatic carbocycles. The lowest BCUT2D eigenvalue weighted by atomic mass is 9.98. The van der Waals surface area contributed by atoms with Gasteiger partial charge in [0.2, 0.25) is 5.91 Å². The van der Waals surface area contributed by atoms with Gasteiger partial charge in [0, 0.05) is 6.54 Å². The fourth-order valence-electron chi connectivity index (χ4n) is 3.03. The summed E-state index contributed by atoms with van der Waals surface area (Å²) in [4.78, 5) is 11.9. The van der Waals surface area contributed by atoms with Crippen molar-refractivity contribution in [2.75, 3.05) is 13.2 Å². The smallest absolute Gasteiger partial charge is 0.240 e. The van der Waals surface area contributed by atoms with Crippen LogP contribution in [-0.4, -0.2) is 30.7 Å². The van der Waals surface area contributed by atoms with E-state index in [1.807, 2.05) is 0 Å². The van der Waals surface area contributed by atoms with Crippen LogP contribution < -0.4 is 11.1 Å². The number of carbonyl (C=O) groups excluding carboxylic acids is 1. The van der Waals surface area contributed by atoms with Crippen LogP contribution in [-0.2, 0) is 9.53 Å². The number of halogens is 1. The molecular formula is C14H27ClN2O2. The SMILES string of the molecule is Cl.NC1(C(=O)NCCOC2CCCCC2)CCCC1. The molecule has 1 amide bonds. The molecule has 0 atom stereocenters. The van der Waals surface area contributed by atoms with Gasteiger partial charge >= 0.3 is 0 Å². The summed E-state index contributed by atoms with van der Waals surface area (Å²) in [7, 11) is 0. The normalized spacial score (nSPS) is 22.8. The molecule has 0 heterocycles. The molecule has 4 nitrogen and oxygen atoms in total. The summed E-state index contributed by atoms with van der Waals surface area (Å²) in [6.45, 7) is 1.21. The Labute approximate surface area is 122 Å². The highest BCUT2D eigenvalue weighted by atomic mass is 35.5. The summed E-state index contributed by atoms with van der Waals surface area (Å²) in [5.74, 6) is 0.00671. The zero-order valence-electron chi connectivity index (χ0n) is 11.7. The summed E-state index contributed by atoms with van der Waals surface area (Å²) in [6, 6.07) is 0. The van der Waals surface area contributed by atoms with Gasteiger partial charge in [0.25, 0.3) is 0 Å². The molecule has 0 aromatic heterocycles. The largest absolute Gasteiger partial charge is 0.376 e. The zero-order valence-corrected chi connectivity index (χ0v) is 12.5. The third kappa shape index (κ3) is 4.93. The van der Waals surface area contributed by atoms with Crippen LogP contribution in [0.15, 0.2) is 0 Å². The van der Waals surface area contributed by atoms with E-state index in [1.165, 1.54) is 32.1 Å². The average molecular weight is 291 g/mol. The molecule has 3 N–H and O–H groups in total. The Morgan fingerprint density at radius 3 is 2.42 bits per heavy atom. The fraction of sp³-hybridized carbons (Fsp3) is 0.929. The molecule has 0 bridgehead atoms. The van der Waals surface area contributed by atoms with E-state index in [1.54, 1.807) is 0 Å². The van der Waals surface area contributed by atoms with Crippen LogP contribution in [0.2, 0.25) is 0 Å². The van der Waals surface area contributed by atoms with Crippen molar-refractivity contribution >= 4 is 18.3 Å². The van der Waals surface area contributed by atoms with Gasteiger partial charge in [0.15, 0.2) is 0 Å². The fourth-order valence-corrected chi connectivity index (χ4v) is 3.03. The van der Waals surface area contributed by atoms with Gasteiger partial charge in [-0.2, -0.15) is 0 Å². The minimum absolute atomic E-state index is 0. The van der Waals surface area contributed by atoms with Crippen LogP contribution in [0.4, 0.5) is 0 Å². The van der Waals surface area contributed by atoms with E-state index in [9.17, 15) is 4.79 Å². The van der Waals surface area contributed by atoms with Gasteiger partial charge in [-0.1, -0.05) is 32.1 Å². The Morgan fingerprint density at radius 2 is 1.79 bits per heavy atom. The number of carbonyl (C=O) groups is 1. The number of amides is 1. The van der Waals surface area contributed by atoms with Crippen molar-refractivity contribution in [3.8, 4) is 0 Å². The summed E-state index contributed by atoms with van der Waals surface area (Å²) in [6.07, 6.45) is 10.5. The quantitative estimate of drug-likeness (QED) is 0.763. The number of nitrogens with one attached hydrogen (secondary N) is 1. The zero-order chi connectivity index (χ0) is 12.8. The van der Waals surface area contributed by atoms with Gasteiger partial charge < -0.3 is 15.8 Å². The van der Waals surface area contributed by atoms with E-state index in [0.717, 1.165) is 25.7 Å². The van der Waals surface area contributed by atoms with Crippen LogP contribution in [0.3, 0.4) is 0 Å². The van der Waals surface area contributed by atoms with Crippen LogP contribution in [0.25, 0.3) is 0 Å². The van der Waals surface area contributed by atoms with Crippen molar-refractivity contribution in [2.45, 2.75) is 69.4 Å². The average Bonchev–Trinajstić information content (AvgIpc) is 2.84. The maximum Gasteiger partial charge on any atom is 0.240 e. The first kappa shape index (κ1) is 16.7. The second-order valence-electron chi connectivity index (χ2n) is 5.75. The van der Waals surface area contributed by atoms with E-state index >= 15 is 0 Å². The molecule has 0 aliphatic heterocycles. The first-order valence-corrected chi connectivity index (χ1v) is 7.39.